The van der Waals surface area contributed by atoms with Crippen molar-refractivity contribution in [1.29, 1.82) is 0 Å². The number of nitrogens with zero attached hydrogens (tertiary/aromatic N) is 3. The van der Waals surface area contributed by atoms with Gasteiger partial charge in [-0.25, -0.2) is 0 Å². The Morgan fingerprint density at radius 3 is 2.91 bits per heavy atom. The maximum atomic E-state index is 12.7. The Hall–Kier alpha value is -1.46. The van der Waals surface area contributed by atoms with Gasteiger partial charge in [0, 0.05) is 38.4 Å². The second-order valence-corrected chi connectivity index (χ2v) is 7.14. The Bertz CT molecular complexity index is 585. The van der Waals surface area contributed by atoms with Crippen molar-refractivity contribution in [2.75, 3.05) is 26.2 Å². The Morgan fingerprint density at radius 2 is 2.13 bits per heavy atom. The molecule has 0 radical (unpaired) electrons. The van der Waals surface area contributed by atoms with E-state index < -0.39 is 0 Å². The second kappa shape index (κ2) is 6.21. The molecule has 3 atom stereocenters. The van der Waals surface area contributed by atoms with Crippen LogP contribution in [0.5, 0.6) is 0 Å². The number of hydrogen-bond donors (Lipinski definition) is 0. The SMILES string of the molecule is Cc1cccc(CN2CC3CC(C(=O)N4CCCC4)C(C2)O3)n1. The molecule has 0 N–H and O–H groups in total. The molecule has 3 aliphatic rings. The van der Waals surface area contributed by atoms with E-state index in [-0.39, 0.29) is 18.1 Å². The third-order valence-electron chi connectivity index (χ3n) is 5.30. The van der Waals surface area contributed by atoms with Crippen molar-refractivity contribution in [3.05, 3.63) is 29.6 Å². The maximum Gasteiger partial charge on any atom is 0.228 e. The standard InChI is InChI=1S/C18H25N3O2/c1-13-5-4-6-14(19-13)10-20-11-15-9-16(17(12-20)23-15)18(22)21-7-2-3-8-21/h4-6,15-17H,2-3,7-12H2,1H3. The molecule has 3 unspecified atom stereocenters. The van der Waals surface area contributed by atoms with E-state index in [1.54, 1.807) is 0 Å². The van der Waals surface area contributed by atoms with Crippen LogP contribution in [0.4, 0.5) is 0 Å². The van der Waals surface area contributed by atoms with Gasteiger partial charge in [-0.05, 0) is 38.3 Å². The molecule has 23 heavy (non-hydrogen) atoms. The molecule has 1 aromatic heterocycles. The maximum absolute atomic E-state index is 12.7. The summed E-state index contributed by atoms with van der Waals surface area (Å²) in [5, 5.41) is 0. The summed E-state index contributed by atoms with van der Waals surface area (Å²) in [6, 6.07) is 6.17. The first-order chi connectivity index (χ1) is 11.2. The molecule has 3 saturated heterocycles. The third-order valence-corrected chi connectivity index (χ3v) is 5.30. The molecule has 2 bridgehead atoms. The van der Waals surface area contributed by atoms with E-state index in [0.717, 1.165) is 63.4 Å². The fourth-order valence-corrected chi connectivity index (χ4v) is 4.22. The molecule has 4 rings (SSSR count). The van der Waals surface area contributed by atoms with E-state index in [1.807, 2.05) is 17.9 Å². The highest BCUT2D eigenvalue weighted by Gasteiger charge is 2.46. The van der Waals surface area contributed by atoms with Crippen LogP contribution in [0.25, 0.3) is 0 Å². The highest BCUT2D eigenvalue weighted by Crippen LogP contribution is 2.34. The van der Waals surface area contributed by atoms with E-state index in [4.69, 9.17) is 4.74 Å². The molecular formula is C18H25N3O2. The molecule has 5 nitrogen and oxygen atoms in total. The summed E-state index contributed by atoms with van der Waals surface area (Å²) in [7, 11) is 0. The molecule has 5 heteroatoms. The minimum Gasteiger partial charge on any atom is -0.371 e. The van der Waals surface area contributed by atoms with Gasteiger partial charge in [0.1, 0.15) is 0 Å². The highest BCUT2D eigenvalue weighted by atomic mass is 16.5. The Kier molecular flexibility index (Phi) is 4.07. The lowest BCUT2D eigenvalue weighted by molar-refractivity contribution is -0.137. The molecule has 3 fully saturated rings. The smallest absolute Gasteiger partial charge is 0.228 e. The summed E-state index contributed by atoms with van der Waals surface area (Å²) in [6.07, 6.45) is 3.45. The number of carbonyl (C=O) groups is 1. The van der Waals surface area contributed by atoms with Gasteiger partial charge >= 0.3 is 0 Å². The van der Waals surface area contributed by atoms with E-state index in [9.17, 15) is 4.79 Å². The van der Waals surface area contributed by atoms with Crippen molar-refractivity contribution < 1.29 is 9.53 Å². The predicted molar refractivity (Wildman–Crippen MR) is 86.8 cm³/mol. The zero-order valence-corrected chi connectivity index (χ0v) is 13.8. The first-order valence-electron chi connectivity index (χ1n) is 8.78. The van der Waals surface area contributed by atoms with E-state index in [0.29, 0.717) is 5.91 Å². The van der Waals surface area contributed by atoms with Gasteiger partial charge < -0.3 is 9.64 Å². The number of likely N-dealkylation sites (tertiary alicyclic amines) is 2. The van der Waals surface area contributed by atoms with Crippen LogP contribution >= 0.6 is 0 Å². The number of ether oxygens (including phenoxy) is 1. The lowest BCUT2D eigenvalue weighted by Gasteiger charge is -2.33. The van der Waals surface area contributed by atoms with Crippen LogP contribution in [0.2, 0.25) is 0 Å². The van der Waals surface area contributed by atoms with Crippen LogP contribution in [-0.4, -0.2) is 59.1 Å². The molecule has 0 aromatic carbocycles. The zero-order chi connectivity index (χ0) is 15.8. The summed E-state index contributed by atoms with van der Waals surface area (Å²) in [4.78, 5) is 21.8. The molecule has 124 valence electrons. The van der Waals surface area contributed by atoms with E-state index in [1.165, 1.54) is 0 Å². The number of aryl methyl sites for hydroxylation is 1. The van der Waals surface area contributed by atoms with Crippen molar-refractivity contribution in [2.24, 2.45) is 5.92 Å². The Labute approximate surface area is 137 Å². The number of rotatable bonds is 3. The fourth-order valence-electron chi connectivity index (χ4n) is 4.22. The summed E-state index contributed by atoms with van der Waals surface area (Å²) in [6.45, 7) is 6.50. The minimum absolute atomic E-state index is 0.0617. The number of carbonyl (C=O) groups excluding carboxylic acids is 1. The molecule has 0 spiro atoms. The average molecular weight is 315 g/mol. The number of pyridine rings is 1. The van der Waals surface area contributed by atoms with Crippen molar-refractivity contribution >= 4 is 5.91 Å². The van der Waals surface area contributed by atoms with Crippen molar-refractivity contribution in [3.8, 4) is 0 Å². The van der Waals surface area contributed by atoms with Crippen molar-refractivity contribution in [3.63, 3.8) is 0 Å². The molecule has 4 heterocycles. The Balaban J connectivity index is 1.41. The highest BCUT2D eigenvalue weighted by molar-refractivity contribution is 5.80. The van der Waals surface area contributed by atoms with Gasteiger partial charge in [0.05, 0.1) is 23.8 Å². The van der Waals surface area contributed by atoms with Crippen LogP contribution < -0.4 is 0 Å². The van der Waals surface area contributed by atoms with Gasteiger partial charge in [-0.3, -0.25) is 14.7 Å². The molecule has 1 aromatic rings. The monoisotopic (exact) mass is 315 g/mol. The van der Waals surface area contributed by atoms with E-state index >= 15 is 0 Å². The van der Waals surface area contributed by atoms with Crippen LogP contribution in [0.1, 0.15) is 30.7 Å². The second-order valence-electron chi connectivity index (χ2n) is 7.14. The van der Waals surface area contributed by atoms with Crippen LogP contribution in [0.15, 0.2) is 18.2 Å². The van der Waals surface area contributed by atoms with Gasteiger partial charge in [0.2, 0.25) is 5.91 Å². The number of fused-ring (bicyclic) bond motifs is 2. The molecule has 0 aliphatic carbocycles. The predicted octanol–water partition coefficient (Wildman–Crippen LogP) is 1.60. The van der Waals surface area contributed by atoms with Crippen LogP contribution in [0.3, 0.4) is 0 Å². The first-order valence-corrected chi connectivity index (χ1v) is 8.78. The molecule has 3 aliphatic heterocycles. The summed E-state index contributed by atoms with van der Waals surface area (Å²) in [5.74, 6) is 0.388. The lowest BCUT2D eigenvalue weighted by atomic mass is 9.99. The average Bonchev–Trinajstić information content (AvgIpc) is 3.15. The first kappa shape index (κ1) is 15.1. The van der Waals surface area contributed by atoms with Gasteiger partial charge in [-0.15, -0.1) is 0 Å². The number of amides is 1. The van der Waals surface area contributed by atoms with Crippen LogP contribution in [-0.2, 0) is 16.1 Å². The van der Waals surface area contributed by atoms with E-state index in [2.05, 4.69) is 22.0 Å². The van der Waals surface area contributed by atoms with Gasteiger partial charge in [-0.1, -0.05) is 6.07 Å². The zero-order valence-electron chi connectivity index (χ0n) is 13.8. The molecule has 0 saturated carbocycles. The molecular weight excluding hydrogens is 290 g/mol. The fraction of sp³-hybridized carbons (Fsp3) is 0.667. The summed E-state index contributed by atoms with van der Waals surface area (Å²) >= 11 is 0. The quantitative estimate of drug-likeness (QED) is 0.850. The third kappa shape index (κ3) is 3.12. The lowest BCUT2D eigenvalue weighted by Crippen LogP contribution is -2.45. The normalized spacial score (nSPS) is 30.8. The summed E-state index contributed by atoms with van der Waals surface area (Å²) < 4.78 is 6.07. The number of aromatic nitrogens is 1. The number of morpholine rings is 1. The van der Waals surface area contributed by atoms with Crippen molar-refractivity contribution in [2.45, 2.75) is 44.9 Å². The van der Waals surface area contributed by atoms with Crippen molar-refractivity contribution in [1.82, 2.24) is 14.8 Å². The molecule has 1 amide bonds. The minimum atomic E-state index is 0.0617. The largest absolute Gasteiger partial charge is 0.371 e. The van der Waals surface area contributed by atoms with Gasteiger partial charge in [-0.2, -0.15) is 0 Å². The summed E-state index contributed by atoms with van der Waals surface area (Å²) in [5.41, 5.74) is 2.16. The van der Waals surface area contributed by atoms with Crippen LogP contribution in [0, 0.1) is 12.8 Å². The Morgan fingerprint density at radius 1 is 1.30 bits per heavy atom. The van der Waals surface area contributed by atoms with Gasteiger partial charge in [0.15, 0.2) is 0 Å². The van der Waals surface area contributed by atoms with Gasteiger partial charge in [0.25, 0.3) is 0 Å². The topological polar surface area (TPSA) is 45.7 Å². The number of hydrogen-bond acceptors (Lipinski definition) is 4.